The summed E-state index contributed by atoms with van der Waals surface area (Å²) in [7, 11) is 3.48. The van der Waals surface area contributed by atoms with E-state index in [1.54, 1.807) is 19.0 Å². The van der Waals surface area contributed by atoms with Crippen LogP contribution in [0.15, 0.2) is 27.7 Å². The molecule has 26 heavy (non-hydrogen) atoms. The topological polar surface area (TPSA) is 66.0 Å². The molecule has 1 aliphatic heterocycles. The van der Waals surface area contributed by atoms with Gasteiger partial charge in [-0.2, -0.15) is 0 Å². The molecule has 1 aliphatic rings. The number of halogens is 2. The van der Waals surface area contributed by atoms with Crippen LogP contribution in [-0.2, 0) is 16.1 Å². The number of benzene rings is 1. The third kappa shape index (κ3) is 7.79. The molecule has 1 amide bonds. The average Bonchev–Trinajstić information content (AvgIpc) is 3.08. The molecule has 2 rings (SSSR count). The zero-order valence-corrected chi connectivity index (χ0v) is 19.5. The van der Waals surface area contributed by atoms with Crippen molar-refractivity contribution in [2.75, 3.05) is 33.8 Å². The summed E-state index contributed by atoms with van der Waals surface area (Å²) in [6.45, 7) is 4.35. The second-order valence-corrected chi connectivity index (χ2v) is 7.31. The minimum atomic E-state index is 0. The molecule has 146 valence electrons. The molecule has 1 aromatic rings. The van der Waals surface area contributed by atoms with Gasteiger partial charge >= 0.3 is 0 Å². The number of ether oxygens (including phenoxy) is 1. The van der Waals surface area contributed by atoms with E-state index in [4.69, 9.17) is 4.74 Å². The second kappa shape index (κ2) is 11.8. The van der Waals surface area contributed by atoms with Crippen LogP contribution in [0.2, 0.25) is 0 Å². The Balaban J connectivity index is 0.00000338. The fourth-order valence-electron chi connectivity index (χ4n) is 2.51. The van der Waals surface area contributed by atoms with Gasteiger partial charge in [-0.05, 0) is 43.0 Å². The van der Waals surface area contributed by atoms with E-state index in [9.17, 15) is 4.79 Å². The highest BCUT2D eigenvalue weighted by Gasteiger charge is 2.16. The Kier molecular flexibility index (Phi) is 10.5. The number of nitrogens with zero attached hydrogens (tertiary/aromatic N) is 2. The molecular weight excluding hydrogens is 511 g/mol. The summed E-state index contributed by atoms with van der Waals surface area (Å²) in [5, 5.41) is 6.40. The first-order valence-electron chi connectivity index (χ1n) is 8.54. The van der Waals surface area contributed by atoms with Crippen LogP contribution in [0, 0.1) is 6.92 Å². The standard InChI is InChI=1S/C18H27BrN4O2.HI/c1-13-9-15(19)7-6-14(13)10-20-18(22-12-17(24)23(2)3)21-11-16-5-4-8-25-16;/h6-7,9,16H,4-5,8,10-12H2,1-3H3,(H2,20,21,22);1H. The maximum atomic E-state index is 11.8. The molecule has 8 heteroatoms. The van der Waals surface area contributed by atoms with Crippen molar-refractivity contribution in [3.63, 3.8) is 0 Å². The Morgan fingerprint density at radius 2 is 2.15 bits per heavy atom. The lowest BCUT2D eigenvalue weighted by Crippen LogP contribution is -2.45. The van der Waals surface area contributed by atoms with E-state index in [2.05, 4.69) is 50.6 Å². The molecule has 1 aromatic carbocycles. The molecule has 1 saturated heterocycles. The molecule has 1 fully saturated rings. The van der Waals surface area contributed by atoms with E-state index >= 15 is 0 Å². The quantitative estimate of drug-likeness (QED) is 0.332. The molecule has 0 spiro atoms. The first-order chi connectivity index (χ1) is 12.0. The van der Waals surface area contributed by atoms with Gasteiger partial charge in [0.2, 0.25) is 5.91 Å². The lowest BCUT2D eigenvalue weighted by Gasteiger charge is -2.17. The third-order valence-electron chi connectivity index (χ3n) is 4.14. The van der Waals surface area contributed by atoms with E-state index in [0.717, 1.165) is 29.5 Å². The number of rotatable bonds is 6. The smallest absolute Gasteiger partial charge is 0.241 e. The van der Waals surface area contributed by atoms with Gasteiger partial charge in [0.25, 0.3) is 0 Å². The lowest BCUT2D eigenvalue weighted by atomic mass is 10.1. The highest BCUT2D eigenvalue weighted by Crippen LogP contribution is 2.16. The molecular formula is C18H28BrIN4O2. The van der Waals surface area contributed by atoms with Crippen molar-refractivity contribution < 1.29 is 9.53 Å². The molecule has 1 unspecified atom stereocenters. The van der Waals surface area contributed by atoms with Crippen molar-refractivity contribution in [2.24, 2.45) is 4.99 Å². The maximum absolute atomic E-state index is 11.8. The second-order valence-electron chi connectivity index (χ2n) is 6.39. The minimum absolute atomic E-state index is 0. The van der Waals surface area contributed by atoms with Gasteiger partial charge in [0.05, 0.1) is 19.2 Å². The number of amides is 1. The van der Waals surface area contributed by atoms with Crippen LogP contribution in [0.1, 0.15) is 24.0 Å². The third-order valence-corrected chi connectivity index (χ3v) is 4.63. The number of guanidine groups is 1. The summed E-state index contributed by atoms with van der Waals surface area (Å²) in [5.74, 6) is 0.638. The Bertz CT molecular complexity index is 619. The fourth-order valence-corrected chi connectivity index (χ4v) is 2.98. The highest BCUT2D eigenvalue weighted by molar-refractivity contribution is 14.0. The first kappa shape index (κ1) is 23.2. The SMILES string of the molecule is Cc1cc(Br)ccc1CN=C(NCC(=O)N(C)C)NCC1CCCO1.I. The lowest BCUT2D eigenvalue weighted by molar-refractivity contribution is -0.127. The van der Waals surface area contributed by atoms with Crippen LogP contribution in [0.3, 0.4) is 0 Å². The molecule has 0 aliphatic carbocycles. The van der Waals surface area contributed by atoms with Crippen molar-refractivity contribution in [3.8, 4) is 0 Å². The molecule has 6 nitrogen and oxygen atoms in total. The van der Waals surface area contributed by atoms with Crippen molar-refractivity contribution in [1.29, 1.82) is 0 Å². The van der Waals surface area contributed by atoms with E-state index < -0.39 is 0 Å². The van der Waals surface area contributed by atoms with E-state index in [-0.39, 0.29) is 42.5 Å². The summed E-state index contributed by atoms with van der Waals surface area (Å²) in [5.41, 5.74) is 2.33. The normalized spacial score (nSPS) is 16.8. The van der Waals surface area contributed by atoms with Crippen LogP contribution in [0.25, 0.3) is 0 Å². The average molecular weight is 539 g/mol. The van der Waals surface area contributed by atoms with Crippen LogP contribution in [0.4, 0.5) is 0 Å². The number of hydrogen-bond acceptors (Lipinski definition) is 3. The molecule has 0 radical (unpaired) electrons. The van der Waals surface area contributed by atoms with Crippen molar-refractivity contribution in [3.05, 3.63) is 33.8 Å². The van der Waals surface area contributed by atoms with Gasteiger partial charge in [-0.1, -0.05) is 22.0 Å². The molecule has 0 bridgehead atoms. The van der Waals surface area contributed by atoms with Gasteiger partial charge in [-0.15, -0.1) is 24.0 Å². The predicted octanol–water partition coefficient (Wildman–Crippen LogP) is 2.68. The van der Waals surface area contributed by atoms with Gasteiger partial charge in [-0.25, -0.2) is 4.99 Å². The number of aryl methyl sites for hydroxylation is 1. The predicted molar refractivity (Wildman–Crippen MR) is 119 cm³/mol. The summed E-state index contributed by atoms with van der Waals surface area (Å²) in [6, 6.07) is 6.15. The van der Waals surface area contributed by atoms with Crippen molar-refractivity contribution >= 4 is 51.8 Å². The van der Waals surface area contributed by atoms with E-state index in [1.165, 1.54) is 5.56 Å². The number of aliphatic imine (C=N–C) groups is 1. The number of nitrogens with one attached hydrogen (secondary N) is 2. The van der Waals surface area contributed by atoms with Gasteiger partial charge in [0.15, 0.2) is 5.96 Å². The van der Waals surface area contributed by atoms with Crippen LogP contribution in [-0.4, -0.2) is 56.7 Å². The summed E-state index contributed by atoms with van der Waals surface area (Å²) >= 11 is 3.48. The van der Waals surface area contributed by atoms with E-state index in [0.29, 0.717) is 19.0 Å². The molecule has 0 aromatic heterocycles. The van der Waals surface area contributed by atoms with Gasteiger partial charge in [0.1, 0.15) is 0 Å². The Hall–Kier alpha value is -0.870. The molecule has 1 atom stereocenters. The van der Waals surface area contributed by atoms with Gasteiger partial charge < -0.3 is 20.3 Å². The Morgan fingerprint density at radius 1 is 1.38 bits per heavy atom. The fraction of sp³-hybridized carbons (Fsp3) is 0.556. The van der Waals surface area contributed by atoms with Gasteiger partial charge in [-0.3, -0.25) is 4.79 Å². The number of carbonyl (C=O) groups excluding carboxylic acids is 1. The first-order valence-corrected chi connectivity index (χ1v) is 9.34. The molecule has 0 saturated carbocycles. The van der Waals surface area contributed by atoms with Crippen LogP contribution in [0.5, 0.6) is 0 Å². The van der Waals surface area contributed by atoms with Crippen LogP contribution < -0.4 is 10.6 Å². The summed E-state index contributed by atoms with van der Waals surface area (Å²) in [4.78, 5) is 18.0. The largest absolute Gasteiger partial charge is 0.376 e. The Labute approximate surface area is 181 Å². The van der Waals surface area contributed by atoms with Crippen LogP contribution >= 0.6 is 39.9 Å². The molecule has 1 heterocycles. The van der Waals surface area contributed by atoms with Gasteiger partial charge in [0, 0.05) is 31.7 Å². The van der Waals surface area contributed by atoms with Crippen molar-refractivity contribution in [1.82, 2.24) is 15.5 Å². The zero-order valence-electron chi connectivity index (χ0n) is 15.5. The monoisotopic (exact) mass is 538 g/mol. The Morgan fingerprint density at radius 3 is 2.77 bits per heavy atom. The molecule has 2 N–H and O–H groups in total. The summed E-state index contributed by atoms with van der Waals surface area (Å²) in [6.07, 6.45) is 2.37. The highest BCUT2D eigenvalue weighted by atomic mass is 127. The zero-order chi connectivity index (χ0) is 18.2. The number of hydrogen-bond donors (Lipinski definition) is 2. The summed E-state index contributed by atoms with van der Waals surface area (Å²) < 4.78 is 6.70. The number of carbonyl (C=O) groups is 1. The number of likely N-dealkylation sites (N-methyl/N-ethyl adjacent to an activating group) is 1. The minimum Gasteiger partial charge on any atom is -0.376 e. The van der Waals surface area contributed by atoms with Crippen molar-refractivity contribution in [2.45, 2.75) is 32.4 Å². The maximum Gasteiger partial charge on any atom is 0.241 e. The van der Waals surface area contributed by atoms with E-state index in [1.807, 2.05) is 6.07 Å².